The maximum Gasteiger partial charge on any atom is 0.311 e. The minimum absolute atomic E-state index is 0.0870. The molecule has 1 aromatic carbocycles. The monoisotopic (exact) mass is 394 g/mol. The zero-order chi connectivity index (χ0) is 19.8. The second-order valence-electron chi connectivity index (χ2n) is 8.36. The van der Waals surface area contributed by atoms with Gasteiger partial charge in [-0.15, -0.1) is 0 Å². The molecule has 0 spiro atoms. The van der Waals surface area contributed by atoms with Crippen molar-refractivity contribution >= 4 is 17.5 Å². The number of benzene rings is 1. The largest absolute Gasteiger partial charge is 0.383 e. The molecule has 1 saturated heterocycles. The lowest BCUT2D eigenvalue weighted by molar-refractivity contribution is -0.147. The fourth-order valence-corrected chi connectivity index (χ4v) is 4.32. The Hall–Kier alpha value is -2.90. The number of hydrogen-bond donors (Lipinski definition) is 3. The van der Waals surface area contributed by atoms with E-state index >= 15 is 0 Å². The molecule has 29 heavy (non-hydrogen) atoms. The molecule has 2 amide bonds. The van der Waals surface area contributed by atoms with Crippen LogP contribution in [0, 0.1) is 0 Å². The summed E-state index contributed by atoms with van der Waals surface area (Å²) in [4.78, 5) is 31.7. The van der Waals surface area contributed by atoms with Crippen molar-refractivity contribution in [3.8, 4) is 0 Å². The van der Waals surface area contributed by atoms with E-state index in [0.29, 0.717) is 25.6 Å². The molecule has 3 heterocycles. The Kier molecular flexibility index (Phi) is 4.69. The third kappa shape index (κ3) is 3.83. The minimum Gasteiger partial charge on any atom is -0.383 e. The molecule has 8 heteroatoms. The Labute approximate surface area is 169 Å². The van der Waals surface area contributed by atoms with E-state index in [2.05, 4.69) is 25.8 Å². The van der Waals surface area contributed by atoms with Gasteiger partial charge in [0.05, 0.1) is 6.04 Å². The van der Waals surface area contributed by atoms with Gasteiger partial charge < -0.3 is 15.5 Å². The van der Waals surface area contributed by atoms with Gasteiger partial charge in [0.1, 0.15) is 5.82 Å². The predicted molar refractivity (Wildman–Crippen MR) is 107 cm³/mol. The van der Waals surface area contributed by atoms with Crippen molar-refractivity contribution in [2.75, 3.05) is 25.0 Å². The van der Waals surface area contributed by atoms with Crippen LogP contribution in [-0.4, -0.2) is 57.6 Å². The average Bonchev–Trinajstić information content (AvgIpc) is 3.49. The molecule has 3 N–H and O–H groups in total. The number of hydrogen-bond acceptors (Lipinski definition) is 5. The van der Waals surface area contributed by atoms with Crippen molar-refractivity contribution in [3.05, 3.63) is 41.5 Å². The molecule has 0 bridgehead atoms. The van der Waals surface area contributed by atoms with E-state index in [1.54, 1.807) is 4.90 Å². The number of rotatable bonds is 3. The van der Waals surface area contributed by atoms with Gasteiger partial charge >= 0.3 is 11.8 Å². The molecule has 8 nitrogen and oxygen atoms in total. The van der Waals surface area contributed by atoms with Crippen LogP contribution in [0.5, 0.6) is 0 Å². The standard InChI is InChI=1S/C21H26N6O2/c28-20(23-16-10-14-4-1-2-6-17(14)22-11-16)21(29)27-9-3-5-15(12-27)19-24-18(25-26-19)13-7-8-13/h1-2,4,6,13,15-16,22H,3,5,7-12H2,(H,23,28)(H,24,25,26). The van der Waals surface area contributed by atoms with Gasteiger partial charge in [0.15, 0.2) is 5.82 Å². The molecule has 2 unspecified atom stereocenters. The second kappa shape index (κ2) is 7.50. The zero-order valence-electron chi connectivity index (χ0n) is 16.4. The topological polar surface area (TPSA) is 103 Å². The molecule has 2 atom stereocenters. The van der Waals surface area contributed by atoms with Crippen LogP contribution in [0.25, 0.3) is 0 Å². The molecule has 1 aliphatic carbocycles. The Balaban J connectivity index is 1.19. The summed E-state index contributed by atoms with van der Waals surface area (Å²) in [5, 5.41) is 13.6. The summed E-state index contributed by atoms with van der Waals surface area (Å²) in [5.41, 5.74) is 2.26. The van der Waals surface area contributed by atoms with Gasteiger partial charge in [-0.1, -0.05) is 18.2 Å². The van der Waals surface area contributed by atoms with Crippen LogP contribution in [0.1, 0.15) is 54.7 Å². The van der Waals surface area contributed by atoms with E-state index < -0.39 is 11.8 Å². The predicted octanol–water partition coefficient (Wildman–Crippen LogP) is 1.54. The van der Waals surface area contributed by atoms with Crippen LogP contribution in [0.15, 0.2) is 24.3 Å². The number of aromatic amines is 1. The number of carbonyl (C=O) groups is 2. The first-order valence-corrected chi connectivity index (χ1v) is 10.5. The lowest BCUT2D eigenvalue weighted by atomic mass is 9.97. The van der Waals surface area contributed by atoms with Crippen molar-refractivity contribution in [3.63, 3.8) is 0 Å². The highest BCUT2D eigenvalue weighted by atomic mass is 16.2. The molecule has 152 valence electrons. The van der Waals surface area contributed by atoms with Crippen molar-refractivity contribution in [2.45, 2.75) is 50.0 Å². The number of para-hydroxylation sites is 1. The number of piperidine rings is 1. The van der Waals surface area contributed by atoms with E-state index in [4.69, 9.17) is 0 Å². The van der Waals surface area contributed by atoms with E-state index in [1.807, 2.05) is 24.3 Å². The van der Waals surface area contributed by atoms with Crippen molar-refractivity contribution < 1.29 is 9.59 Å². The number of aromatic nitrogens is 3. The minimum atomic E-state index is -0.523. The fraction of sp³-hybridized carbons (Fsp3) is 0.524. The highest BCUT2D eigenvalue weighted by Crippen LogP contribution is 2.38. The van der Waals surface area contributed by atoms with Crippen molar-refractivity contribution in [1.29, 1.82) is 0 Å². The molecule has 2 aliphatic heterocycles. The molecular weight excluding hydrogens is 368 g/mol. The smallest absolute Gasteiger partial charge is 0.311 e. The van der Waals surface area contributed by atoms with E-state index in [0.717, 1.165) is 42.2 Å². The first kappa shape index (κ1) is 18.1. The van der Waals surface area contributed by atoms with E-state index in [-0.39, 0.29) is 12.0 Å². The maximum absolute atomic E-state index is 12.8. The van der Waals surface area contributed by atoms with Crippen molar-refractivity contribution in [2.24, 2.45) is 0 Å². The van der Waals surface area contributed by atoms with Crippen LogP contribution < -0.4 is 10.6 Å². The Morgan fingerprint density at radius 2 is 2.00 bits per heavy atom. The van der Waals surface area contributed by atoms with Crippen LogP contribution in [0.2, 0.25) is 0 Å². The first-order chi connectivity index (χ1) is 14.2. The molecular formula is C21H26N6O2. The Morgan fingerprint density at radius 3 is 2.86 bits per heavy atom. The van der Waals surface area contributed by atoms with Gasteiger partial charge in [-0.3, -0.25) is 14.7 Å². The normalized spacial score (nSPS) is 23.8. The van der Waals surface area contributed by atoms with E-state index in [1.165, 1.54) is 12.8 Å². The maximum atomic E-state index is 12.8. The molecule has 3 aliphatic rings. The molecule has 1 aromatic heterocycles. The summed E-state index contributed by atoms with van der Waals surface area (Å²) in [6.45, 7) is 1.73. The summed E-state index contributed by atoms with van der Waals surface area (Å²) in [5.74, 6) is 1.38. The van der Waals surface area contributed by atoms with Crippen LogP contribution in [0.3, 0.4) is 0 Å². The molecule has 2 aromatic rings. The number of nitrogens with zero attached hydrogens (tertiary/aromatic N) is 3. The highest BCUT2D eigenvalue weighted by molar-refractivity contribution is 6.35. The van der Waals surface area contributed by atoms with Gasteiger partial charge in [-0.25, -0.2) is 4.98 Å². The molecule has 1 saturated carbocycles. The number of nitrogens with one attached hydrogen (secondary N) is 3. The molecule has 5 rings (SSSR count). The number of likely N-dealkylation sites (tertiary alicyclic amines) is 1. The lowest BCUT2D eigenvalue weighted by Gasteiger charge is -2.32. The summed E-state index contributed by atoms with van der Waals surface area (Å²) in [6, 6.07) is 7.97. The van der Waals surface area contributed by atoms with Gasteiger partial charge in [0.2, 0.25) is 0 Å². The third-order valence-electron chi connectivity index (χ3n) is 6.11. The average molecular weight is 394 g/mol. The van der Waals surface area contributed by atoms with Crippen LogP contribution in [-0.2, 0) is 16.0 Å². The SMILES string of the molecule is O=C(NC1CNc2ccccc2C1)C(=O)N1CCCC(c2n[nH]c(C3CC3)n2)C1. The summed E-state index contributed by atoms with van der Waals surface area (Å²) in [7, 11) is 0. The van der Waals surface area contributed by atoms with Gasteiger partial charge in [-0.05, 0) is 43.7 Å². The third-order valence-corrected chi connectivity index (χ3v) is 6.11. The molecule has 2 fully saturated rings. The first-order valence-electron chi connectivity index (χ1n) is 10.5. The summed E-state index contributed by atoms with van der Waals surface area (Å²) >= 11 is 0. The highest BCUT2D eigenvalue weighted by Gasteiger charge is 2.33. The van der Waals surface area contributed by atoms with Crippen molar-refractivity contribution in [1.82, 2.24) is 25.4 Å². The lowest BCUT2D eigenvalue weighted by Crippen LogP contribution is -2.51. The number of carbonyl (C=O) groups excluding carboxylic acids is 2. The number of anilines is 1. The molecule has 0 radical (unpaired) electrons. The fourth-order valence-electron chi connectivity index (χ4n) is 4.32. The zero-order valence-corrected chi connectivity index (χ0v) is 16.4. The van der Waals surface area contributed by atoms with Crippen LogP contribution >= 0.6 is 0 Å². The number of H-pyrrole nitrogens is 1. The number of amides is 2. The second-order valence-corrected chi connectivity index (χ2v) is 8.36. The van der Waals surface area contributed by atoms with Crippen LogP contribution in [0.4, 0.5) is 5.69 Å². The Morgan fingerprint density at radius 1 is 1.14 bits per heavy atom. The van der Waals surface area contributed by atoms with Gasteiger partial charge in [0, 0.05) is 37.2 Å². The van der Waals surface area contributed by atoms with Gasteiger partial charge in [-0.2, -0.15) is 5.10 Å². The van der Waals surface area contributed by atoms with Gasteiger partial charge in [0.25, 0.3) is 0 Å². The quantitative estimate of drug-likeness (QED) is 0.686. The summed E-state index contributed by atoms with van der Waals surface area (Å²) in [6.07, 6.45) is 4.87. The van der Waals surface area contributed by atoms with E-state index in [9.17, 15) is 9.59 Å². The Bertz CT molecular complexity index is 921. The number of fused-ring (bicyclic) bond motifs is 1. The summed E-state index contributed by atoms with van der Waals surface area (Å²) < 4.78 is 0.